The van der Waals surface area contributed by atoms with Gasteiger partial charge in [-0.1, -0.05) is 17.3 Å². The first-order valence-electron chi connectivity index (χ1n) is 9.94. The van der Waals surface area contributed by atoms with Crippen LogP contribution in [0.1, 0.15) is 54.6 Å². The molecule has 0 bridgehead atoms. The molecule has 7 heteroatoms. The molecule has 4 rings (SSSR count). The Morgan fingerprint density at radius 1 is 1.18 bits per heavy atom. The third kappa shape index (κ3) is 4.00. The number of likely N-dealkylation sites (tertiary alicyclic amines) is 1. The van der Waals surface area contributed by atoms with Crippen molar-refractivity contribution in [2.45, 2.75) is 52.3 Å². The Labute approximate surface area is 165 Å². The first kappa shape index (κ1) is 18.8. The summed E-state index contributed by atoms with van der Waals surface area (Å²) >= 11 is 0. The molecule has 1 atom stereocenters. The number of hydrogen-bond acceptors (Lipinski definition) is 5. The molecule has 0 amide bonds. The largest absolute Gasteiger partial charge is 0.387 e. The average Bonchev–Trinajstić information content (AvgIpc) is 3.29. The van der Waals surface area contributed by atoms with Crippen molar-refractivity contribution in [2.24, 2.45) is 0 Å². The molecular formula is C21H28N6O. The molecule has 148 valence electrons. The maximum absolute atomic E-state index is 9.63. The van der Waals surface area contributed by atoms with E-state index < -0.39 is 6.10 Å². The lowest BCUT2D eigenvalue weighted by Gasteiger charge is -2.31. The summed E-state index contributed by atoms with van der Waals surface area (Å²) in [5.74, 6) is 0. The SMILES string of the molecule is Cc1cc(C)n(-c2cccc(CN3CCC(n4cc([C@H](C)O)nn4)CC3)c2)n1. The molecule has 7 nitrogen and oxygen atoms in total. The predicted molar refractivity (Wildman–Crippen MR) is 107 cm³/mol. The van der Waals surface area contributed by atoms with Gasteiger partial charge in [-0.3, -0.25) is 4.90 Å². The van der Waals surface area contributed by atoms with Crippen LogP contribution in [-0.2, 0) is 6.54 Å². The van der Waals surface area contributed by atoms with Gasteiger partial charge >= 0.3 is 0 Å². The maximum atomic E-state index is 9.63. The van der Waals surface area contributed by atoms with E-state index in [4.69, 9.17) is 0 Å². The van der Waals surface area contributed by atoms with Crippen LogP contribution in [0.4, 0.5) is 0 Å². The Balaban J connectivity index is 1.38. The second-order valence-electron chi connectivity index (χ2n) is 7.82. The van der Waals surface area contributed by atoms with Crippen LogP contribution in [0, 0.1) is 13.8 Å². The van der Waals surface area contributed by atoms with Gasteiger partial charge in [-0.2, -0.15) is 5.10 Å². The highest BCUT2D eigenvalue weighted by atomic mass is 16.3. The van der Waals surface area contributed by atoms with Gasteiger partial charge in [0.05, 0.1) is 29.7 Å². The molecular weight excluding hydrogens is 352 g/mol. The number of aromatic nitrogens is 5. The standard InChI is InChI=1S/C21H28N6O/c1-15-11-16(2)27(23-15)20-6-4-5-18(12-20)13-25-9-7-19(8-10-25)26-14-21(17(3)28)22-24-26/h4-6,11-12,14,17,19,28H,7-10,13H2,1-3H3/t17-/m0/s1. The molecule has 1 aliphatic heterocycles. The summed E-state index contributed by atoms with van der Waals surface area (Å²) in [4.78, 5) is 2.49. The van der Waals surface area contributed by atoms with Gasteiger partial charge in [0.1, 0.15) is 5.69 Å². The van der Waals surface area contributed by atoms with Crippen molar-refractivity contribution in [3.05, 3.63) is 59.2 Å². The highest BCUT2D eigenvalue weighted by Gasteiger charge is 2.22. The summed E-state index contributed by atoms with van der Waals surface area (Å²) in [6.07, 6.45) is 3.39. The fraction of sp³-hybridized carbons (Fsp3) is 0.476. The van der Waals surface area contributed by atoms with Crippen molar-refractivity contribution < 1.29 is 5.11 Å². The van der Waals surface area contributed by atoms with E-state index in [-0.39, 0.29) is 0 Å². The van der Waals surface area contributed by atoms with E-state index in [0.29, 0.717) is 11.7 Å². The number of aliphatic hydroxyl groups excluding tert-OH is 1. The van der Waals surface area contributed by atoms with Crippen molar-refractivity contribution in [3.63, 3.8) is 0 Å². The van der Waals surface area contributed by atoms with Crippen LogP contribution < -0.4 is 0 Å². The summed E-state index contributed by atoms with van der Waals surface area (Å²) in [6.45, 7) is 8.83. The monoisotopic (exact) mass is 380 g/mol. The van der Waals surface area contributed by atoms with Crippen LogP contribution >= 0.6 is 0 Å². The highest BCUT2D eigenvalue weighted by molar-refractivity contribution is 5.37. The number of aliphatic hydroxyl groups is 1. The van der Waals surface area contributed by atoms with Gasteiger partial charge in [0, 0.05) is 25.3 Å². The molecule has 28 heavy (non-hydrogen) atoms. The molecule has 2 aromatic heterocycles. The maximum Gasteiger partial charge on any atom is 0.111 e. The van der Waals surface area contributed by atoms with Crippen molar-refractivity contribution in [1.82, 2.24) is 29.7 Å². The van der Waals surface area contributed by atoms with E-state index in [9.17, 15) is 5.11 Å². The Kier molecular flexibility index (Phi) is 5.28. The number of benzene rings is 1. The molecule has 1 aromatic carbocycles. The van der Waals surface area contributed by atoms with E-state index in [1.807, 2.05) is 22.5 Å². The van der Waals surface area contributed by atoms with Crippen LogP contribution in [0.3, 0.4) is 0 Å². The molecule has 1 fully saturated rings. The Morgan fingerprint density at radius 2 is 1.96 bits per heavy atom. The molecule has 3 aromatic rings. The van der Waals surface area contributed by atoms with Crippen LogP contribution in [-0.4, -0.2) is 47.9 Å². The topological polar surface area (TPSA) is 72.0 Å². The smallest absolute Gasteiger partial charge is 0.111 e. The van der Waals surface area contributed by atoms with Crippen molar-refractivity contribution in [1.29, 1.82) is 0 Å². The van der Waals surface area contributed by atoms with E-state index in [1.165, 1.54) is 5.56 Å². The summed E-state index contributed by atoms with van der Waals surface area (Å²) in [5.41, 5.74) is 5.26. The van der Waals surface area contributed by atoms with E-state index in [2.05, 4.69) is 57.6 Å². The zero-order valence-corrected chi connectivity index (χ0v) is 16.8. The van der Waals surface area contributed by atoms with Crippen LogP contribution in [0.25, 0.3) is 5.69 Å². The first-order chi connectivity index (χ1) is 13.5. The zero-order chi connectivity index (χ0) is 19.7. The second-order valence-corrected chi connectivity index (χ2v) is 7.82. The summed E-state index contributed by atoms with van der Waals surface area (Å²) < 4.78 is 3.93. The number of rotatable bonds is 5. The van der Waals surface area contributed by atoms with Crippen molar-refractivity contribution >= 4 is 0 Å². The number of aryl methyl sites for hydroxylation is 2. The number of piperidine rings is 1. The zero-order valence-electron chi connectivity index (χ0n) is 16.8. The molecule has 0 spiro atoms. The summed E-state index contributed by atoms with van der Waals surface area (Å²) in [7, 11) is 0. The van der Waals surface area contributed by atoms with E-state index >= 15 is 0 Å². The molecule has 3 heterocycles. The molecule has 1 saturated heterocycles. The molecule has 0 aliphatic carbocycles. The van der Waals surface area contributed by atoms with E-state index in [1.54, 1.807) is 6.92 Å². The number of hydrogen-bond donors (Lipinski definition) is 1. The van der Waals surface area contributed by atoms with Crippen LogP contribution in [0.5, 0.6) is 0 Å². The number of nitrogens with zero attached hydrogens (tertiary/aromatic N) is 6. The molecule has 1 N–H and O–H groups in total. The van der Waals surface area contributed by atoms with Crippen LogP contribution in [0.2, 0.25) is 0 Å². The third-order valence-corrected chi connectivity index (χ3v) is 5.46. The van der Waals surface area contributed by atoms with Gasteiger partial charge in [-0.25, -0.2) is 9.36 Å². The average molecular weight is 380 g/mol. The second kappa shape index (κ2) is 7.85. The van der Waals surface area contributed by atoms with Gasteiger partial charge in [-0.05, 0) is 57.4 Å². The third-order valence-electron chi connectivity index (χ3n) is 5.46. The van der Waals surface area contributed by atoms with Crippen LogP contribution in [0.15, 0.2) is 36.5 Å². The van der Waals surface area contributed by atoms with Crippen molar-refractivity contribution in [3.8, 4) is 5.69 Å². The highest BCUT2D eigenvalue weighted by Crippen LogP contribution is 2.24. The summed E-state index contributed by atoms with van der Waals surface area (Å²) in [6, 6.07) is 11.1. The molecule has 1 aliphatic rings. The lowest BCUT2D eigenvalue weighted by atomic mass is 10.0. The Bertz CT molecular complexity index is 936. The predicted octanol–water partition coefficient (Wildman–Crippen LogP) is 2.97. The van der Waals surface area contributed by atoms with E-state index in [0.717, 1.165) is 49.6 Å². The van der Waals surface area contributed by atoms with Gasteiger partial charge in [0.2, 0.25) is 0 Å². The fourth-order valence-electron chi connectivity index (χ4n) is 3.94. The minimum atomic E-state index is -0.566. The van der Waals surface area contributed by atoms with Gasteiger partial charge in [0.15, 0.2) is 0 Å². The molecule has 0 unspecified atom stereocenters. The Hall–Kier alpha value is -2.51. The summed E-state index contributed by atoms with van der Waals surface area (Å²) in [5, 5.41) is 22.5. The minimum Gasteiger partial charge on any atom is -0.387 e. The Morgan fingerprint density at radius 3 is 2.61 bits per heavy atom. The first-order valence-corrected chi connectivity index (χ1v) is 9.94. The van der Waals surface area contributed by atoms with Crippen molar-refractivity contribution in [2.75, 3.05) is 13.1 Å². The van der Waals surface area contributed by atoms with Gasteiger partial charge in [-0.15, -0.1) is 5.10 Å². The normalized spacial score (nSPS) is 17.1. The molecule has 0 radical (unpaired) electrons. The fourth-order valence-corrected chi connectivity index (χ4v) is 3.94. The quantitative estimate of drug-likeness (QED) is 0.737. The molecule has 0 saturated carbocycles. The lowest BCUT2D eigenvalue weighted by Crippen LogP contribution is -2.34. The minimum absolute atomic E-state index is 0.359. The van der Waals surface area contributed by atoms with Gasteiger partial charge < -0.3 is 5.11 Å². The lowest BCUT2D eigenvalue weighted by molar-refractivity contribution is 0.172. The van der Waals surface area contributed by atoms with Gasteiger partial charge in [0.25, 0.3) is 0 Å².